The van der Waals surface area contributed by atoms with E-state index in [1.54, 1.807) is 4.31 Å². The number of sulfonamides is 1. The number of anilines is 1. The van der Waals surface area contributed by atoms with Gasteiger partial charge in [0.2, 0.25) is 15.9 Å². The Balaban J connectivity index is 1.25. The summed E-state index contributed by atoms with van der Waals surface area (Å²) in [6, 6.07) is 6.17. The van der Waals surface area contributed by atoms with Gasteiger partial charge in [-0.1, -0.05) is 19.4 Å². The van der Waals surface area contributed by atoms with Crippen LogP contribution in [0.2, 0.25) is 0 Å². The van der Waals surface area contributed by atoms with Crippen LogP contribution < -0.4 is 4.90 Å². The van der Waals surface area contributed by atoms with Crippen LogP contribution in [0.3, 0.4) is 0 Å². The SMILES string of the molecule is CCCc1cccc(Cn2cc(N3CCN(C(=O)[C@H]4CC[C@H](N(CCN(C)C)S(C)(=O)=O)CC4)CC3)cn2)n1. The van der Waals surface area contributed by atoms with Crippen LogP contribution in [0.15, 0.2) is 30.6 Å². The first-order chi connectivity index (χ1) is 18.6. The number of likely N-dealkylation sites (N-methyl/N-ethyl adjacent to an activating group) is 1. The molecule has 1 aliphatic carbocycles. The smallest absolute Gasteiger partial charge is 0.225 e. The van der Waals surface area contributed by atoms with Gasteiger partial charge in [0.25, 0.3) is 0 Å². The number of aromatic nitrogens is 3. The predicted octanol–water partition coefficient (Wildman–Crippen LogP) is 2.31. The molecule has 2 aliphatic rings. The van der Waals surface area contributed by atoms with E-state index in [0.29, 0.717) is 32.7 Å². The number of nitrogens with zero attached hydrogens (tertiary/aromatic N) is 7. The highest BCUT2D eigenvalue weighted by Gasteiger charge is 2.35. The maximum atomic E-state index is 13.3. The molecule has 216 valence electrons. The van der Waals surface area contributed by atoms with Crippen LogP contribution in [-0.4, -0.2) is 109 Å². The second-order valence-electron chi connectivity index (χ2n) is 11.3. The standard InChI is InChI=1S/C28H45N7O3S/c1-5-7-24-8-6-9-25(30-24)21-34-22-27(20-29-34)32-15-17-33(18-16-32)28(36)23-10-12-26(13-11-23)35(39(4,37)38)19-14-31(2)3/h6,8-9,20,22-23,26H,5,7,10-19,21H2,1-4H3/t23-,26-. The van der Waals surface area contributed by atoms with Gasteiger partial charge in [-0.25, -0.2) is 8.42 Å². The van der Waals surface area contributed by atoms with E-state index in [4.69, 9.17) is 4.98 Å². The molecular weight excluding hydrogens is 514 g/mol. The quantitative estimate of drug-likeness (QED) is 0.417. The molecule has 0 radical (unpaired) electrons. The third kappa shape index (κ3) is 8.02. The monoisotopic (exact) mass is 559 g/mol. The minimum Gasteiger partial charge on any atom is -0.365 e. The fraction of sp³-hybridized carbons (Fsp3) is 0.679. The van der Waals surface area contributed by atoms with Gasteiger partial charge in [0.05, 0.1) is 30.4 Å². The zero-order valence-corrected chi connectivity index (χ0v) is 24.8. The molecular formula is C28H45N7O3S. The first kappa shape index (κ1) is 29.5. The minimum absolute atomic E-state index is 0.0122. The molecule has 4 rings (SSSR count). The molecule has 1 saturated carbocycles. The number of piperazine rings is 1. The molecule has 0 atom stereocenters. The van der Waals surface area contributed by atoms with Crippen molar-refractivity contribution in [2.75, 3.05) is 64.5 Å². The molecule has 3 heterocycles. The van der Waals surface area contributed by atoms with Crippen molar-refractivity contribution >= 4 is 21.6 Å². The second kappa shape index (κ2) is 13.2. The number of rotatable bonds is 11. The van der Waals surface area contributed by atoms with Crippen molar-refractivity contribution in [3.05, 3.63) is 42.0 Å². The van der Waals surface area contributed by atoms with E-state index in [9.17, 15) is 13.2 Å². The summed E-state index contributed by atoms with van der Waals surface area (Å²) in [6.45, 7) is 6.95. The van der Waals surface area contributed by atoms with Gasteiger partial charge in [-0.05, 0) is 58.3 Å². The van der Waals surface area contributed by atoms with E-state index in [1.165, 1.54) is 6.26 Å². The van der Waals surface area contributed by atoms with Gasteiger partial charge in [0.15, 0.2) is 0 Å². The molecule has 2 fully saturated rings. The molecule has 1 aliphatic heterocycles. The molecule has 2 aromatic heterocycles. The zero-order valence-electron chi connectivity index (χ0n) is 24.0. The highest BCUT2D eigenvalue weighted by Crippen LogP contribution is 2.30. The number of hydrogen-bond donors (Lipinski definition) is 0. The first-order valence-corrected chi connectivity index (χ1v) is 16.1. The van der Waals surface area contributed by atoms with Crippen LogP contribution in [0, 0.1) is 5.92 Å². The van der Waals surface area contributed by atoms with Crippen molar-refractivity contribution in [2.45, 2.75) is 58.0 Å². The van der Waals surface area contributed by atoms with Gasteiger partial charge in [-0.2, -0.15) is 9.40 Å². The lowest BCUT2D eigenvalue weighted by Crippen LogP contribution is -2.51. The topological polar surface area (TPSA) is 94.9 Å². The molecule has 1 saturated heterocycles. The van der Waals surface area contributed by atoms with E-state index in [1.807, 2.05) is 40.8 Å². The number of carbonyl (C=O) groups is 1. The zero-order chi connectivity index (χ0) is 28.0. The Labute approximate surface area is 234 Å². The maximum Gasteiger partial charge on any atom is 0.225 e. The van der Waals surface area contributed by atoms with Gasteiger partial charge in [0, 0.05) is 63.1 Å². The van der Waals surface area contributed by atoms with Crippen molar-refractivity contribution in [2.24, 2.45) is 5.92 Å². The molecule has 0 aromatic carbocycles. The molecule has 0 N–H and O–H groups in total. The number of amides is 1. The summed E-state index contributed by atoms with van der Waals surface area (Å²) in [4.78, 5) is 24.3. The summed E-state index contributed by atoms with van der Waals surface area (Å²) in [5.41, 5.74) is 3.21. The Morgan fingerprint density at radius 2 is 1.72 bits per heavy atom. The molecule has 0 bridgehead atoms. The number of carbonyl (C=O) groups excluding carboxylic acids is 1. The van der Waals surface area contributed by atoms with Gasteiger partial charge in [0.1, 0.15) is 0 Å². The third-order valence-corrected chi connectivity index (χ3v) is 9.25. The van der Waals surface area contributed by atoms with Gasteiger partial charge in [-0.15, -0.1) is 0 Å². The lowest BCUT2D eigenvalue weighted by Gasteiger charge is -2.39. The average molecular weight is 560 g/mol. The molecule has 2 aromatic rings. The summed E-state index contributed by atoms with van der Waals surface area (Å²) in [5.74, 6) is 0.211. The van der Waals surface area contributed by atoms with E-state index in [2.05, 4.69) is 35.3 Å². The van der Waals surface area contributed by atoms with Crippen LogP contribution in [0.1, 0.15) is 50.4 Å². The minimum atomic E-state index is -3.28. The highest BCUT2D eigenvalue weighted by atomic mass is 32.2. The largest absolute Gasteiger partial charge is 0.365 e. The van der Waals surface area contributed by atoms with E-state index in [0.717, 1.165) is 68.7 Å². The van der Waals surface area contributed by atoms with Crippen molar-refractivity contribution < 1.29 is 13.2 Å². The van der Waals surface area contributed by atoms with E-state index in [-0.39, 0.29) is 17.9 Å². The van der Waals surface area contributed by atoms with Crippen LogP contribution >= 0.6 is 0 Å². The van der Waals surface area contributed by atoms with Crippen molar-refractivity contribution in [1.29, 1.82) is 0 Å². The fourth-order valence-corrected chi connectivity index (χ4v) is 6.92. The highest BCUT2D eigenvalue weighted by molar-refractivity contribution is 7.88. The van der Waals surface area contributed by atoms with Crippen LogP contribution in [0.4, 0.5) is 5.69 Å². The Morgan fingerprint density at radius 3 is 2.36 bits per heavy atom. The molecule has 0 unspecified atom stereocenters. The van der Waals surface area contributed by atoms with Crippen LogP contribution in [-0.2, 0) is 27.8 Å². The number of pyridine rings is 1. The molecule has 11 heteroatoms. The number of hydrogen-bond acceptors (Lipinski definition) is 7. The van der Waals surface area contributed by atoms with Crippen molar-refractivity contribution in [3.8, 4) is 0 Å². The lowest BCUT2D eigenvalue weighted by atomic mass is 9.85. The lowest BCUT2D eigenvalue weighted by molar-refractivity contribution is -0.137. The third-order valence-electron chi connectivity index (χ3n) is 7.92. The average Bonchev–Trinajstić information content (AvgIpc) is 3.37. The Hall–Kier alpha value is -2.50. The molecule has 39 heavy (non-hydrogen) atoms. The summed E-state index contributed by atoms with van der Waals surface area (Å²) >= 11 is 0. The van der Waals surface area contributed by atoms with Gasteiger partial charge >= 0.3 is 0 Å². The van der Waals surface area contributed by atoms with E-state index < -0.39 is 10.0 Å². The maximum absolute atomic E-state index is 13.3. The van der Waals surface area contributed by atoms with Crippen molar-refractivity contribution in [1.82, 2.24) is 28.9 Å². The Bertz CT molecular complexity index is 1180. The summed E-state index contributed by atoms with van der Waals surface area (Å²) in [5, 5.41) is 4.56. The fourth-order valence-electron chi connectivity index (χ4n) is 5.75. The van der Waals surface area contributed by atoms with Crippen molar-refractivity contribution in [3.63, 3.8) is 0 Å². The molecule has 1 amide bonds. The summed E-state index contributed by atoms with van der Waals surface area (Å²) in [6.07, 6.45) is 10.3. The Morgan fingerprint density at radius 1 is 1.03 bits per heavy atom. The number of aryl methyl sites for hydroxylation is 1. The normalized spacial score (nSPS) is 20.7. The van der Waals surface area contributed by atoms with Gasteiger partial charge < -0.3 is 14.7 Å². The van der Waals surface area contributed by atoms with Crippen LogP contribution in [0.25, 0.3) is 0 Å². The first-order valence-electron chi connectivity index (χ1n) is 14.3. The second-order valence-corrected chi connectivity index (χ2v) is 13.2. The summed E-state index contributed by atoms with van der Waals surface area (Å²) in [7, 11) is 0.626. The molecule has 0 spiro atoms. The Kier molecular flexibility index (Phi) is 10.0. The molecule has 10 nitrogen and oxygen atoms in total. The summed E-state index contributed by atoms with van der Waals surface area (Å²) < 4.78 is 28.4. The van der Waals surface area contributed by atoms with Crippen LogP contribution in [0.5, 0.6) is 0 Å². The van der Waals surface area contributed by atoms with E-state index >= 15 is 0 Å². The predicted molar refractivity (Wildman–Crippen MR) is 154 cm³/mol. The van der Waals surface area contributed by atoms with Gasteiger partial charge in [-0.3, -0.25) is 14.5 Å².